The molecule has 6 rings (SSSR count). The first kappa shape index (κ1) is 36.6. The van der Waals surface area contributed by atoms with Gasteiger partial charge in [0.2, 0.25) is 5.91 Å². The number of amides is 3. The lowest BCUT2D eigenvalue weighted by Gasteiger charge is -2.30. The maximum atomic E-state index is 13.6. The molecule has 4 heterocycles. The van der Waals surface area contributed by atoms with E-state index in [0.717, 1.165) is 52.9 Å². The summed E-state index contributed by atoms with van der Waals surface area (Å²) < 4.78 is 4.77. The third kappa shape index (κ3) is 8.15. The number of alkyl carbamates (subject to hydrolysis) is 1. The van der Waals surface area contributed by atoms with Crippen LogP contribution in [0.25, 0.3) is 22.4 Å². The van der Waals surface area contributed by atoms with Crippen LogP contribution in [-0.2, 0) is 9.53 Å². The number of carbonyl (C=O) groups is 3. The fraction of sp³-hybridized carbons (Fsp3) is 0.375. The van der Waals surface area contributed by atoms with E-state index in [-0.39, 0.29) is 23.9 Å². The quantitative estimate of drug-likeness (QED) is 0.167. The van der Waals surface area contributed by atoms with Crippen LogP contribution in [0.4, 0.5) is 15.3 Å². The van der Waals surface area contributed by atoms with Crippen molar-refractivity contribution in [1.29, 1.82) is 0 Å². The zero-order chi connectivity index (χ0) is 37.6. The molecule has 3 unspecified atom stereocenters. The topological polar surface area (TPSA) is 160 Å². The number of hydrogen-bond acceptors (Lipinski definition) is 7. The molecule has 274 valence electrons. The molecule has 2 saturated heterocycles. The van der Waals surface area contributed by atoms with Gasteiger partial charge in [0.25, 0.3) is 0 Å². The van der Waals surface area contributed by atoms with E-state index < -0.39 is 18.2 Å². The molecule has 0 radical (unpaired) electrons. The van der Waals surface area contributed by atoms with Gasteiger partial charge >= 0.3 is 12.2 Å². The van der Waals surface area contributed by atoms with Gasteiger partial charge in [-0.3, -0.25) is 9.69 Å². The Bertz CT molecular complexity index is 2100. The average molecular weight is 717 g/mol. The highest BCUT2D eigenvalue weighted by Gasteiger charge is 2.37. The van der Waals surface area contributed by atoms with Crippen LogP contribution in [0.2, 0.25) is 0 Å². The van der Waals surface area contributed by atoms with Crippen molar-refractivity contribution in [1.82, 2.24) is 35.1 Å². The van der Waals surface area contributed by atoms with Crippen LogP contribution < -0.4 is 10.2 Å². The second-order valence-electron chi connectivity index (χ2n) is 13.7. The molecule has 4 N–H and O–H groups in total. The number of nitrogens with zero attached hydrogens (tertiary/aromatic N) is 5. The van der Waals surface area contributed by atoms with Gasteiger partial charge in [-0.2, -0.15) is 0 Å². The van der Waals surface area contributed by atoms with Crippen molar-refractivity contribution in [3.8, 4) is 46.1 Å². The summed E-state index contributed by atoms with van der Waals surface area (Å²) in [7, 11) is 5.28. The number of carboxylic acid groups (broad SMARTS) is 1. The lowest BCUT2D eigenvalue weighted by atomic mass is 9.96. The highest BCUT2D eigenvalue weighted by atomic mass is 16.5. The number of aromatic nitrogens is 4. The summed E-state index contributed by atoms with van der Waals surface area (Å²) in [6, 6.07) is 13.0. The second kappa shape index (κ2) is 16.0. The molecule has 2 aromatic heterocycles. The highest BCUT2D eigenvalue weighted by molar-refractivity contribution is 5.86. The number of benzene rings is 2. The lowest BCUT2D eigenvalue weighted by molar-refractivity contribution is -0.135. The van der Waals surface area contributed by atoms with E-state index in [9.17, 15) is 19.5 Å². The molecule has 13 heteroatoms. The van der Waals surface area contributed by atoms with Crippen LogP contribution in [0.15, 0.2) is 54.9 Å². The number of methoxy groups -OCH3 is 1. The second-order valence-corrected chi connectivity index (χ2v) is 13.7. The molecule has 2 aromatic carbocycles. The molecule has 13 nitrogen and oxygen atoms in total. The molecular formula is C40H44N8O5. The summed E-state index contributed by atoms with van der Waals surface area (Å²) in [5.74, 6) is 13.1. The summed E-state index contributed by atoms with van der Waals surface area (Å²) in [5, 5.41) is 12.2. The molecular weight excluding hydrogens is 672 g/mol. The van der Waals surface area contributed by atoms with Crippen LogP contribution in [0.5, 0.6) is 0 Å². The monoisotopic (exact) mass is 716 g/mol. The predicted molar refractivity (Wildman–Crippen MR) is 201 cm³/mol. The van der Waals surface area contributed by atoms with Gasteiger partial charge in [-0.1, -0.05) is 38.0 Å². The van der Waals surface area contributed by atoms with E-state index in [1.807, 2.05) is 45.0 Å². The molecule has 2 aliphatic rings. The third-order valence-corrected chi connectivity index (χ3v) is 9.73. The van der Waals surface area contributed by atoms with E-state index in [0.29, 0.717) is 36.9 Å². The van der Waals surface area contributed by atoms with E-state index in [2.05, 4.69) is 74.3 Å². The molecule has 4 aromatic rings. The normalized spacial score (nSPS) is 17.1. The zero-order valence-electron chi connectivity index (χ0n) is 30.6. The minimum atomic E-state index is -0.952. The largest absolute Gasteiger partial charge is 0.465 e. The number of nitrogens with one attached hydrogen (secondary N) is 3. The van der Waals surface area contributed by atoms with Gasteiger partial charge in [0, 0.05) is 44.0 Å². The van der Waals surface area contributed by atoms with Gasteiger partial charge in [-0.15, -0.1) is 0 Å². The van der Waals surface area contributed by atoms with Crippen molar-refractivity contribution in [2.24, 2.45) is 5.92 Å². The Morgan fingerprint density at radius 2 is 1.55 bits per heavy atom. The number of imidazole rings is 2. The number of rotatable bonds is 8. The van der Waals surface area contributed by atoms with Gasteiger partial charge in [0.15, 0.2) is 0 Å². The Balaban J connectivity index is 1.26. The Kier molecular flexibility index (Phi) is 11.0. The van der Waals surface area contributed by atoms with E-state index >= 15 is 0 Å². The van der Waals surface area contributed by atoms with Crippen LogP contribution in [0.3, 0.4) is 0 Å². The molecule has 53 heavy (non-hydrogen) atoms. The zero-order valence-corrected chi connectivity index (χ0v) is 30.6. The number of anilines is 1. The number of likely N-dealkylation sites (tertiary alicyclic amines) is 2. The minimum Gasteiger partial charge on any atom is -0.465 e. The van der Waals surface area contributed by atoms with Crippen LogP contribution in [-0.4, -0.2) is 93.3 Å². The molecule has 0 spiro atoms. The van der Waals surface area contributed by atoms with Crippen LogP contribution in [0, 0.1) is 29.6 Å². The Labute approximate surface area is 309 Å². The Morgan fingerprint density at radius 1 is 0.906 bits per heavy atom. The highest BCUT2D eigenvalue weighted by Crippen LogP contribution is 2.35. The van der Waals surface area contributed by atoms with E-state index in [4.69, 9.17) is 9.72 Å². The first-order valence-electron chi connectivity index (χ1n) is 17.7. The standard InChI is InChI=1S/C40H44N8O5/c1-25(2)35(45-39(50)53-5)38(49)47-20-8-12-33(47)37-42-24-32(44-37)28-15-14-26(31(22-28)27-16-18-30(19-17-27)46(3)4)10-6-7-11-29-23-41-36(43-29)34-13-9-21-48(34)40(51)52/h14-19,22-25,33-35H,8-9,12-13,20-21H2,1-5H3,(H,41,43)(H,42,44)(H,45,50)(H,51,52). The summed E-state index contributed by atoms with van der Waals surface area (Å²) in [6.45, 7) is 4.85. The smallest absolute Gasteiger partial charge is 0.407 e. The van der Waals surface area contributed by atoms with Gasteiger partial charge in [0.1, 0.15) is 23.4 Å². The molecule has 2 fully saturated rings. The number of ether oxygens (including phenoxy) is 1. The first-order valence-corrected chi connectivity index (χ1v) is 17.7. The van der Waals surface area contributed by atoms with Crippen molar-refractivity contribution in [2.75, 3.05) is 39.2 Å². The van der Waals surface area contributed by atoms with Gasteiger partial charge < -0.3 is 34.9 Å². The maximum absolute atomic E-state index is 13.6. The Hall–Kier alpha value is -6.21. The van der Waals surface area contributed by atoms with Gasteiger partial charge in [-0.05, 0) is 84.8 Å². The minimum absolute atomic E-state index is 0.125. The molecule has 3 amide bonds. The number of H-pyrrole nitrogens is 2. The molecule has 3 atom stereocenters. The predicted octanol–water partition coefficient (Wildman–Crippen LogP) is 5.80. The average Bonchev–Trinajstić information content (AvgIpc) is 3.98. The molecule has 0 bridgehead atoms. The van der Waals surface area contributed by atoms with Crippen LogP contribution >= 0.6 is 0 Å². The van der Waals surface area contributed by atoms with Gasteiger partial charge in [0.05, 0.1) is 37.3 Å². The third-order valence-electron chi connectivity index (χ3n) is 9.73. The number of hydrogen-bond donors (Lipinski definition) is 4. The summed E-state index contributed by atoms with van der Waals surface area (Å²) >= 11 is 0. The number of carbonyl (C=O) groups excluding carboxylic acids is 2. The first-order chi connectivity index (χ1) is 25.5. The fourth-order valence-electron chi connectivity index (χ4n) is 6.89. The Morgan fingerprint density at radius 3 is 2.23 bits per heavy atom. The summed E-state index contributed by atoms with van der Waals surface area (Å²) in [5.41, 5.74) is 6.04. The van der Waals surface area contributed by atoms with Crippen molar-refractivity contribution in [2.45, 2.75) is 57.7 Å². The number of aromatic amines is 2. The SMILES string of the molecule is COC(=O)NC(C(=O)N1CCCC1c1ncc(-c2ccc(C#CC#Cc3cnc(C4CCCN4C(=O)O)[nH]3)c(-c3ccc(N(C)C)cc3)c2)[nH]1)C(C)C. The van der Waals surface area contributed by atoms with Crippen LogP contribution in [0.1, 0.15) is 74.5 Å². The van der Waals surface area contributed by atoms with E-state index in [1.54, 1.807) is 17.3 Å². The molecule has 0 saturated carbocycles. The summed E-state index contributed by atoms with van der Waals surface area (Å²) in [4.78, 5) is 58.2. The van der Waals surface area contributed by atoms with Crippen molar-refractivity contribution in [3.05, 3.63) is 77.8 Å². The molecule has 2 aliphatic heterocycles. The molecule has 0 aliphatic carbocycles. The fourth-order valence-corrected chi connectivity index (χ4v) is 6.89. The van der Waals surface area contributed by atoms with Crippen molar-refractivity contribution in [3.63, 3.8) is 0 Å². The maximum Gasteiger partial charge on any atom is 0.407 e. The van der Waals surface area contributed by atoms with Crippen molar-refractivity contribution >= 4 is 23.8 Å². The lowest BCUT2D eigenvalue weighted by Crippen LogP contribution is -2.51. The van der Waals surface area contributed by atoms with E-state index in [1.165, 1.54) is 12.0 Å². The van der Waals surface area contributed by atoms with Crippen molar-refractivity contribution < 1.29 is 24.2 Å². The summed E-state index contributed by atoms with van der Waals surface area (Å²) in [6.07, 6.45) is 4.89. The van der Waals surface area contributed by atoms with Gasteiger partial charge in [-0.25, -0.2) is 19.6 Å².